The molecule has 6 heteroatoms. The van der Waals surface area contributed by atoms with Gasteiger partial charge in [-0.15, -0.1) is 0 Å². The quantitative estimate of drug-likeness (QED) is 0.925. The molecule has 0 spiro atoms. The number of piperidine rings is 1. The van der Waals surface area contributed by atoms with E-state index in [1.807, 2.05) is 4.68 Å². The molecule has 0 aliphatic carbocycles. The van der Waals surface area contributed by atoms with Gasteiger partial charge in [-0.2, -0.15) is 5.10 Å². The molecule has 0 saturated carbocycles. The highest BCUT2D eigenvalue weighted by Gasteiger charge is 2.24. The van der Waals surface area contributed by atoms with Gasteiger partial charge >= 0.3 is 5.97 Å². The predicted octanol–water partition coefficient (Wildman–Crippen LogP) is 2.49. The lowest BCUT2D eigenvalue weighted by Gasteiger charge is -2.33. The average Bonchev–Trinajstić information content (AvgIpc) is 3.13. The molecular formula is C19H23N3O3. The van der Waals surface area contributed by atoms with Crippen molar-refractivity contribution in [1.82, 2.24) is 14.7 Å². The van der Waals surface area contributed by atoms with Crippen molar-refractivity contribution in [3.05, 3.63) is 52.8 Å². The number of carboxylic acid groups (broad SMARTS) is 1. The van der Waals surface area contributed by atoms with Crippen LogP contribution in [-0.4, -0.2) is 45.5 Å². The summed E-state index contributed by atoms with van der Waals surface area (Å²) in [6, 6.07) is 8.36. The molecule has 0 amide bonds. The molecule has 3 heterocycles. The largest absolute Gasteiger partial charge is 0.476 e. The summed E-state index contributed by atoms with van der Waals surface area (Å²) < 4.78 is 7.47. The summed E-state index contributed by atoms with van der Waals surface area (Å²) in [5.41, 5.74) is 4.23. The van der Waals surface area contributed by atoms with Crippen molar-refractivity contribution in [2.75, 3.05) is 19.7 Å². The SMILES string of the molecule is O=C(O)c1ccn(C2CCCN(Cc3cccc4c3COCC4)C2)n1. The van der Waals surface area contributed by atoms with Crippen molar-refractivity contribution < 1.29 is 14.6 Å². The summed E-state index contributed by atoms with van der Waals surface area (Å²) in [5.74, 6) is -0.970. The Bertz CT molecular complexity index is 771. The molecule has 1 aromatic carbocycles. The van der Waals surface area contributed by atoms with Gasteiger partial charge in [-0.3, -0.25) is 9.58 Å². The molecule has 1 N–H and O–H groups in total. The molecule has 4 rings (SSSR count). The number of fused-ring (bicyclic) bond motifs is 1. The predicted molar refractivity (Wildman–Crippen MR) is 92.5 cm³/mol. The van der Waals surface area contributed by atoms with Crippen molar-refractivity contribution in [3.63, 3.8) is 0 Å². The third kappa shape index (κ3) is 3.45. The maximum atomic E-state index is 11.0. The summed E-state index contributed by atoms with van der Waals surface area (Å²) in [6.07, 6.45) is 4.92. The van der Waals surface area contributed by atoms with Gasteiger partial charge in [0.15, 0.2) is 5.69 Å². The summed E-state index contributed by atoms with van der Waals surface area (Å²) in [7, 11) is 0. The third-order valence-electron chi connectivity index (χ3n) is 5.21. The van der Waals surface area contributed by atoms with E-state index < -0.39 is 5.97 Å². The topological polar surface area (TPSA) is 67.6 Å². The number of carbonyl (C=O) groups is 1. The highest BCUT2D eigenvalue weighted by molar-refractivity contribution is 5.85. The highest BCUT2D eigenvalue weighted by Crippen LogP contribution is 2.26. The molecule has 1 aromatic heterocycles. The fourth-order valence-corrected chi connectivity index (χ4v) is 3.90. The minimum absolute atomic E-state index is 0.117. The molecule has 1 saturated heterocycles. The first-order valence-electron chi connectivity index (χ1n) is 8.89. The van der Waals surface area contributed by atoms with E-state index in [4.69, 9.17) is 9.84 Å². The number of hydrogen-bond donors (Lipinski definition) is 1. The van der Waals surface area contributed by atoms with E-state index in [0.717, 1.165) is 45.5 Å². The first-order valence-corrected chi connectivity index (χ1v) is 8.89. The fraction of sp³-hybridized carbons (Fsp3) is 0.474. The molecular weight excluding hydrogens is 318 g/mol. The Morgan fingerprint density at radius 1 is 1.36 bits per heavy atom. The van der Waals surface area contributed by atoms with E-state index >= 15 is 0 Å². The number of benzene rings is 1. The van der Waals surface area contributed by atoms with E-state index in [0.29, 0.717) is 6.61 Å². The van der Waals surface area contributed by atoms with Crippen LogP contribution < -0.4 is 0 Å². The van der Waals surface area contributed by atoms with Crippen molar-refractivity contribution in [2.45, 2.75) is 38.5 Å². The number of rotatable bonds is 4. The Morgan fingerprint density at radius 2 is 2.28 bits per heavy atom. The van der Waals surface area contributed by atoms with E-state index in [1.54, 1.807) is 12.3 Å². The number of ether oxygens (including phenoxy) is 1. The van der Waals surface area contributed by atoms with Gasteiger partial charge in [0.1, 0.15) is 0 Å². The number of nitrogens with zero attached hydrogens (tertiary/aromatic N) is 3. The lowest BCUT2D eigenvalue weighted by atomic mass is 9.96. The molecule has 2 aliphatic heterocycles. The zero-order valence-corrected chi connectivity index (χ0v) is 14.2. The van der Waals surface area contributed by atoms with Gasteiger partial charge in [0.25, 0.3) is 0 Å². The minimum atomic E-state index is -0.970. The van der Waals surface area contributed by atoms with E-state index in [-0.39, 0.29) is 11.7 Å². The van der Waals surface area contributed by atoms with Crippen LogP contribution in [0, 0.1) is 0 Å². The van der Waals surface area contributed by atoms with Crippen molar-refractivity contribution >= 4 is 5.97 Å². The normalized spacial score (nSPS) is 21.0. The zero-order valence-electron chi connectivity index (χ0n) is 14.2. The van der Waals surface area contributed by atoms with Crippen LogP contribution in [0.3, 0.4) is 0 Å². The molecule has 0 bridgehead atoms. The molecule has 6 nitrogen and oxygen atoms in total. The first kappa shape index (κ1) is 16.3. The van der Waals surface area contributed by atoms with E-state index in [9.17, 15) is 4.79 Å². The Kier molecular flexibility index (Phi) is 4.55. The number of aromatic nitrogens is 2. The van der Waals surface area contributed by atoms with Gasteiger partial charge in [-0.25, -0.2) is 4.79 Å². The Balaban J connectivity index is 1.47. The Hall–Kier alpha value is -2.18. The fourth-order valence-electron chi connectivity index (χ4n) is 3.90. The molecule has 2 aromatic rings. The summed E-state index contributed by atoms with van der Waals surface area (Å²) in [6.45, 7) is 4.40. The van der Waals surface area contributed by atoms with Gasteiger partial charge in [0.05, 0.1) is 19.3 Å². The van der Waals surface area contributed by atoms with Crippen LogP contribution in [0.25, 0.3) is 0 Å². The molecule has 0 radical (unpaired) electrons. The van der Waals surface area contributed by atoms with Gasteiger partial charge in [-0.1, -0.05) is 18.2 Å². The van der Waals surface area contributed by atoms with Crippen LogP contribution in [-0.2, 0) is 24.3 Å². The van der Waals surface area contributed by atoms with Crippen LogP contribution in [0.1, 0.15) is 46.1 Å². The lowest BCUT2D eigenvalue weighted by molar-refractivity contribution is 0.0688. The number of carboxylic acids is 1. The standard InChI is InChI=1S/C19H23N3O3/c23-19(24)18-6-9-22(20-18)16-5-2-8-21(12-16)11-15-4-1-3-14-7-10-25-13-17(14)15/h1,3-4,6,9,16H,2,5,7-8,10-13H2,(H,23,24). The number of aromatic carboxylic acids is 1. The van der Waals surface area contributed by atoms with E-state index in [1.165, 1.54) is 16.7 Å². The smallest absolute Gasteiger partial charge is 0.356 e. The number of hydrogen-bond acceptors (Lipinski definition) is 4. The van der Waals surface area contributed by atoms with Gasteiger partial charge in [0.2, 0.25) is 0 Å². The van der Waals surface area contributed by atoms with Gasteiger partial charge < -0.3 is 9.84 Å². The van der Waals surface area contributed by atoms with Gasteiger partial charge in [-0.05, 0) is 48.6 Å². The molecule has 132 valence electrons. The average molecular weight is 341 g/mol. The van der Waals surface area contributed by atoms with Crippen molar-refractivity contribution in [3.8, 4) is 0 Å². The second-order valence-corrected chi connectivity index (χ2v) is 6.87. The summed E-state index contributed by atoms with van der Waals surface area (Å²) in [4.78, 5) is 13.5. The summed E-state index contributed by atoms with van der Waals surface area (Å²) in [5, 5.41) is 13.3. The van der Waals surface area contributed by atoms with Crippen LogP contribution in [0.4, 0.5) is 0 Å². The molecule has 1 fully saturated rings. The van der Waals surface area contributed by atoms with Crippen LogP contribution in [0.5, 0.6) is 0 Å². The van der Waals surface area contributed by atoms with Crippen LogP contribution in [0.2, 0.25) is 0 Å². The van der Waals surface area contributed by atoms with Crippen LogP contribution >= 0.6 is 0 Å². The van der Waals surface area contributed by atoms with Crippen molar-refractivity contribution in [2.24, 2.45) is 0 Å². The summed E-state index contributed by atoms with van der Waals surface area (Å²) >= 11 is 0. The monoisotopic (exact) mass is 341 g/mol. The second-order valence-electron chi connectivity index (χ2n) is 6.87. The molecule has 1 atom stereocenters. The molecule has 1 unspecified atom stereocenters. The third-order valence-corrected chi connectivity index (χ3v) is 5.21. The maximum Gasteiger partial charge on any atom is 0.356 e. The zero-order chi connectivity index (χ0) is 17.2. The maximum absolute atomic E-state index is 11.0. The first-order chi connectivity index (χ1) is 12.2. The second kappa shape index (κ2) is 6.98. The Labute approximate surface area is 147 Å². The molecule has 25 heavy (non-hydrogen) atoms. The van der Waals surface area contributed by atoms with E-state index in [2.05, 4.69) is 28.2 Å². The lowest BCUT2D eigenvalue weighted by Crippen LogP contribution is -2.36. The van der Waals surface area contributed by atoms with Gasteiger partial charge in [0, 0.05) is 19.3 Å². The van der Waals surface area contributed by atoms with Crippen LogP contribution in [0.15, 0.2) is 30.5 Å². The minimum Gasteiger partial charge on any atom is -0.476 e. The number of likely N-dealkylation sites (tertiary alicyclic amines) is 1. The molecule has 2 aliphatic rings. The highest BCUT2D eigenvalue weighted by atomic mass is 16.5. The Morgan fingerprint density at radius 3 is 3.12 bits per heavy atom. The van der Waals surface area contributed by atoms with Crippen molar-refractivity contribution in [1.29, 1.82) is 0 Å².